The van der Waals surface area contributed by atoms with E-state index < -0.39 is 21.7 Å². The maximum Gasteiger partial charge on any atom is 0.417 e. The van der Waals surface area contributed by atoms with Gasteiger partial charge in [-0.05, 0) is 40.1 Å². The number of fused-ring (bicyclic) bond motifs is 1. The largest absolute Gasteiger partial charge is 0.417 e. The van der Waals surface area contributed by atoms with Gasteiger partial charge < -0.3 is 0 Å². The average Bonchev–Trinajstić information content (AvgIpc) is 2.95. The van der Waals surface area contributed by atoms with Crippen molar-refractivity contribution in [3.8, 4) is 0 Å². The van der Waals surface area contributed by atoms with Crippen LogP contribution in [0.3, 0.4) is 0 Å². The van der Waals surface area contributed by atoms with Crippen molar-refractivity contribution < 1.29 is 22.7 Å². The normalized spacial score (nSPS) is 11.8. The Balaban J connectivity index is 2.07. The van der Waals surface area contributed by atoms with Crippen molar-refractivity contribution in [3.05, 3.63) is 62.2 Å². The SMILES string of the molecule is O=[N+]([O-])c1c(Cc2ccc(Cl)c(C(F)(F)F)c2)ccc2nonc12. The second-order valence-corrected chi connectivity index (χ2v) is 5.36. The Bertz CT molecular complexity index is 940. The van der Waals surface area contributed by atoms with Gasteiger partial charge in [0.1, 0.15) is 5.52 Å². The summed E-state index contributed by atoms with van der Waals surface area (Å²) < 4.78 is 43.2. The number of halogens is 4. The molecule has 0 fully saturated rings. The first-order valence-corrected chi connectivity index (χ1v) is 6.89. The van der Waals surface area contributed by atoms with Crippen molar-refractivity contribution in [2.24, 2.45) is 0 Å². The summed E-state index contributed by atoms with van der Waals surface area (Å²) in [5, 5.41) is 17.9. The molecule has 124 valence electrons. The first-order chi connectivity index (χ1) is 11.3. The Morgan fingerprint density at radius 2 is 1.96 bits per heavy atom. The van der Waals surface area contributed by atoms with E-state index in [1.807, 2.05) is 0 Å². The summed E-state index contributed by atoms with van der Waals surface area (Å²) in [5.41, 5.74) is -0.782. The summed E-state index contributed by atoms with van der Waals surface area (Å²) >= 11 is 5.57. The quantitative estimate of drug-likeness (QED) is 0.512. The number of alkyl halides is 3. The van der Waals surface area contributed by atoms with Gasteiger partial charge in [-0.1, -0.05) is 17.7 Å². The van der Waals surface area contributed by atoms with Crippen molar-refractivity contribution in [1.29, 1.82) is 0 Å². The lowest BCUT2D eigenvalue weighted by Gasteiger charge is -2.11. The molecule has 3 aromatic rings. The minimum atomic E-state index is -4.61. The summed E-state index contributed by atoms with van der Waals surface area (Å²) in [5.74, 6) is 0. The maximum atomic E-state index is 12.9. The molecule has 0 saturated carbocycles. The Kier molecular flexibility index (Phi) is 3.88. The third kappa shape index (κ3) is 2.90. The fourth-order valence-corrected chi connectivity index (χ4v) is 2.57. The summed E-state index contributed by atoms with van der Waals surface area (Å²) in [7, 11) is 0. The second kappa shape index (κ2) is 5.75. The number of nitrogens with zero attached hydrogens (tertiary/aromatic N) is 3. The predicted molar refractivity (Wildman–Crippen MR) is 77.7 cm³/mol. The van der Waals surface area contributed by atoms with Gasteiger partial charge in [0.15, 0.2) is 0 Å². The van der Waals surface area contributed by atoms with Crippen LogP contribution in [0.5, 0.6) is 0 Å². The van der Waals surface area contributed by atoms with Gasteiger partial charge in [-0.2, -0.15) is 13.2 Å². The number of hydrogen-bond donors (Lipinski definition) is 0. The molecule has 0 unspecified atom stereocenters. The molecular formula is C14H7ClF3N3O3. The highest BCUT2D eigenvalue weighted by Gasteiger charge is 2.33. The van der Waals surface area contributed by atoms with Crippen molar-refractivity contribution in [3.63, 3.8) is 0 Å². The van der Waals surface area contributed by atoms with E-state index in [4.69, 9.17) is 11.6 Å². The molecule has 24 heavy (non-hydrogen) atoms. The van der Waals surface area contributed by atoms with Crippen LogP contribution >= 0.6 is 11.6 Å². The molecule has 0 bridgehead atoms. The molecule has 0 atom stereocenters. The lowest BCUT2D eigenvalue weighted by atomic mass is 10.0. The number of nitro groups is 1. The lowest BCUT2D eigenvalue weighted by molar-refractivity contribution is -0.383. The Labute approximate surface area is 136 Å². The van der Waals surface area contributed by atoms with Crippen molar-refractivity contribution in [1.82, 2.24) is 10.3 Å². The van der Waals surface area contributed by atoms with Gasteiger partial charge in [-0.3, -0.25) is 10.1 Å². The van der Waals surface area contributed by atoms with E-state index in [0.717, 1.165) is 12.1 Å². The van der Waals surface area contributed by atoms with Gasteiger partial charge in [-0.15, -0.1) is 0 Å². The number of benzene rings is 2. The van der Waals surface area contributed by atoms with Crippen LogP contribution in [0.2, 0.25) is 5.02 Å². The van der Waals surface area contributed by atoms with Crippen LogP contribution in [0.1, 0.15) is 16.7 Å². The third-order valence-corrected chi connectivity index (χ3v) is 3.73. The highest BCUT2D eigenvalue weighted by molar-refractivity contribution is 6.31. The molecule has 0 saturated heterocycles. The van der Waals surface area contributed by atoms with E-state index in [1.165, 1.54) is 18.2 Å². The molecule has 2 aromatic carbocycles. The number of nitro benzene ring substituents is 1. The van der Waals surface area contributed by atoms with E-state index >= 15 is 0 Å². The topological polar surface area (TPSA) is 82.1 Å². The van der Waals surface area contributed by atoms with E-state index in [-0.39, 0.29) is 34.3 Å². The van der Waals surface area contributed by atoms with Crippen LogP contribution in [0.15, 0.2) is 35.0 Å². The molecule has 0 aliphatic carbocycles. The monoisotopic (exact) mass is 357 g/mol. The standard InChI is InChI=1S/C14H7ClF3N3O3/c15-10-3-1-7(6-9(10)14(16,17)18)5-8-2-4-11-12(20-24-19-11)13(8)21(22)23/h1-4,6H,5H2. The van der Waals surface area contributed by atoms with Gasteiger partial charge in [0, 0.05) is 12.0 Å². The highest BCUT2D eigenvalue weighted by Crippen LogP contribution is 2.36. The fourth-order valence-electron chi connectivity index (χ4n) is 2.35. The molecule has 0 aliphatic heterocycles. The summed E-state index contributed by atoms with van der Waals surface area (Å²) in [6.07, 6.45) is -4.71. The zero-order valence-corrected chi connectivity index (χ0v) is 12.4. The Morgan fingerprint density at radius 3 is 2.62 bits per heavy atom. The van der Waals surface area contributed by atoms with Gasteiger partial charge >= 0.3 is 11.9 Å². The van der Waals surface area contributed by atoms with Crippen LogP contribution in [-0.2, 0) is 12.6 Å². The van der Waals surface area contributed by atoms with E-state index in [1.54, 1.807) is 0 Å². The first-order valence-electron chi connectivity index (χ1n) is 6.51. The van der Waals surface area contributed by atoms with Crippen LogP contribution in [0.25, 0.3) is 11.0 Å². The zero-order chi connectivity index (χ0) is 17.5. The number of hydrogen-bond acceptors (Lipinski definition) is 5. The molecule has 1 aromatic heterocycles. The molecule has 10 heteroatoms. The molecule has 0 amide bonds. The molecular weight excluding hydrogens is 351 g/mol. The molecule has 1 heterocycles. The van der Waals surface area contributed by atoms with Gasteiger partial charge in [0.05, 0.1) is 15.5 Å². The predicted octanol–water partition coefficient (Wildman–Crippen LogP) is 4.39. The van der Waals surface area contributed by atoms with Gasteiger partial charge in [0.25, 0.3) is 0 Å². The first kappa shape index (κ1) is 16.2. The zero-order valence-electron chi connectivity index (χ0n) is 11.7. The van der Waals surface area contributed by atoms with Crippen LogP contribution in [-0.4, -0.2) is 15.2 Å². The van der Waals surface area contributed by atoms with Crippen LogP contribution in [0.4, 0.5) is 18.9 Å². The van der Waals surface area contributed by atoms with Gasteiger partial charge in [0.2, 0.25) is 5.52 Å². The number of aromatic nitrogens is 2. The minimum Gasteiger partial charge on any atom is -0.258 e. The van der Waals surface area contributed by atoms with Gasteiger partial charge in [-0.25, -0.2) is 4.63 Å². The maximum absolute atomic E-state index is 12.9. The third-order valence-electron chi connectivity index (χ3n) is 3.40. The average molecular weight is 358 g/mol. The molecule has 0 radical (unpaired) electrons. The smallest absolute Gasteiger partial charge is 0.258 e. The van der Waals surface area contributed by atoms with Crippen molar-refractivity contribution >= 4 is 28.3 Å². The summed E-state index contributed by atoms with van der Waals surface area (Å²) in [6.45, 7) is 0. The van der Waals surface area contributed by atoms with Crippen molar-refractivity contribution in [2.75, 3.05) is 0 Å². The fraction of sp³-hybridized carbons (Fsp3) is 0.143. The van der Waals surface area contributed by atoms with Crippen LogP contribution in [0, 0.1) is 10.1 Å². The molecule has 0 N–H and O–H groups in total. The summed E-state index contributed by atoms with van der Waals surface area (Å²) in [4.78, 5) is 10.6. The summed E-state index contributed by atoms with van der Waals surface area (Å²) in [6, 6.07) is 6.23. The molecule has 3 rings (SSSR count). The number of rotatable bonds is 3. The Morgan fingerprint density at radius 1 is 1.21 bits per heavy atom. The minimum absolute atomic E-state index is 0.0532. The molecule has 0 aliphatic rings. The highest BCUT2D eigenvalue weighted by atomic mass is 35.5. The van der Waals surface area contributed by atoms with E-state index in [2.05, 4.69) is 14.9 Å². The lowest BCUT2D eigenvalue weighted by Crippen LogP contribution is -2.07. The Hall–Kier alpha value is -2.68. The molecule has 6 nitrogen and oxygen atoms in total. The van der Waals surface area contributed by atoms with Crippen molar-refractivity contribution in [2.45, 2.75) is 12.6 Å². The second-order valence-electron chi connectivity index (χ2n) is 4.95. The van der Waals surface area contributed by atoms with Crippen LogP contribution < -0.4 is 0 Å². The molecule has 0 spiro atoms. The van der Waals surface area contributed by atoms with E-state index in [9.17, 15) is 23.3 Å². The van der Waals surface area contributed by atoms with E-state index in [0.29, 0.717) is 0 Å².